The Labute approximate surface area is 90.1 Å². The average Bonchev–Trinajstić information content (AvgIpc) is 2.51. The third kappa shape index (κ3) is 3.04. The third-order valence-electron chi connectivity index (χ3n) is 2.11. The molecule has 15 heavy (non-hydrogen) atoms. The number of aromatic nitrogens is 1. The van der Waals surface area contributed by atoms with E-state index in [1.807, 2.05) is 13.8 Å². The highest BCUT2D eigenvalue weighted by molar-refractivity contribution is 7.88. The summed E-state index contributed by atoms with van der Waals surface area (Å²) in [5, 5.41) is 3.67. The van der Waals surface area contributed by atoms with Crippen molar-refractivity contribution in [2.24, 2.45) is 0 Å². The molecule has 0 radical (unpaired) electrons. The number of sulfonamides is 1. The molecule has 0 saturated carbocycles. The fourth-order valence-electron chi connectivity index (χ4n) is 1.38. The molecule has 5 nitrogen and oxygen atoms in total. The molecule has 0 aliphatic rings. The summed E-state index contributed by atoms with van der Waals surface area (Å²) in [6, 6.07) is 1.64. The average molecular weight is 232 g/mol. The van der Waals surface area contributed by atoms with E-state index in [0.717, 1.165) is 0 Å². The van der Waals surface area contributed by atoms with Crippen LogP contribution >= 0.6 is 0 Å². The molecule has 0 aliphatic carbocycles. The van der Waals surface area contributed by atoms with E-state index in [9.17, 15) is 8.42 Å². The second kappa shape index (κ2) is 4.76. The maximum Gasteiger partial charge on any atom is 0.219 e. The maximum atomic E-state index is 11.8. The van der Waals surface area contributed by atoms with Gasteiger partial charge in [0.1, 0.15) is 17.2 Å². The Balaban J connectivity index is 2.80. The van der Waals surface area contributed by atoms with Gasteiger partial charge in [-0.05, 0) is 6.92 Å². The molecular weight excluding hydrogens is 216 g/mol. The largest absolute Gasteiger partial charge is 0.361 e. The smallest absolute Gasteiger partial charge is 0.219 e. The van der Waals surface area contributed by atoms with E-state index in [1.165, 1.54) is 4.31 Å². The highest BCUT2D eigenvalue weighted by Crippen LogP contribution is 2.10. The topological polar surface area (TPSA) is 63.4 Å². The van der Waals surface area contributed by atoms with Crippen molar-refractivity contribution >= 4 is 10.0 Å². The van der Waals surface area contributed by atoms with Crippen LogP contribution in [-0.4, -0.2) is 31.0 Å². The molecule has 0 aromatic carbocycles. The SMILES string of the molecule is CCN(CC)S(=O)(=O)Cc1cc(C)on1. The van der Waals surface area contributed by atoms with Crippen LogP contribution in [-0.2, 0) is 15.8 Å². The van der Waals surface area contributed by atoms with E-state index in [2.05, 4.69) is 5.16 Å². The fraction of sp³-hybridized carbons (Fsp3) is 0.667. The maximum absolute atomic E-state index is 11.8. The van der Waals surface area contributed by atoms with Crippen molar-refractivity contribution < 1.29 is 12.9 Å². The summed E-state index contributed by atoms with van der Waals surface area (Å²) in [6.07, 6.45) is 0. The predicted molar refractivity (Wildman–Crippen MR) is 56.8 cm³/mol. The van der Waals surface area contributed by atoms with Crippen molar-refractivity contribution in [2.45, 2.75) is 26.5 Å². The first-order valence-electron chi connectivity index (χ1n) is 4.89. The summed E-state index contributed by atoms with van der Waals surface area (Å²) < 4.78 is 29.9. The van der Waals surface area contributed by atoms with Crippen LogP contribution in [0.2, 0.25) is 0 Å². The molecule has 0 spiro atoms. The molecule has 0 amide bonds. The van der Waals surface area contributed by atoms with Gasteiger partial charge >= 0.3 is 0 Å². The highest BCUT2D eigenvalue weighted by Gasteiger charge is 2.20. The normalized spacial score (nSPS) is 12.3. The summed E-state index contributed by atoms with van der Waals surface area (Å²) in [5.74, 6) is 0.534. The molecule has 0 unspecified atom stereocenters. The Morgan fingerprint density at radius 1 is 1.40 bits per heavy atom. The number of nitrogens with zero attached hydrogens (tertiary/aromatic N) is 2. The summed E-state index contributed by atoms with van der Waals surface area (Å²) in [5.41, 5.74) is 0.458. The van der Waals surface area contributed by atoms with E-state index in [1.54, 1.807) is 13.0 Å². The summed E-state index contributed by atoms with van der Waals surface area (Å²) >= 11 is 0. The van der Waals surface area contributed by atoms with E-state index in [-0.39, 0.29) is 5.75 Å². The molecule has 0 N–H and O–H groups in total. The Kier molecular flexibility index (Phi) is 3.87. The van der Waals surface area contributed by atoms with Gasteiger partial charge in [-0.1, -0.05) is 19.0 Å². The van der Waals surface area contributed by atoms with Gasteiger partial charge in [0.2, 0.25) is 10.0 Å². The first-order chi connectivity index (χ1) is 6.99. The van der Waals surface area contributed by atoms with Crippen molar-refractivity contribution in [1.82, 2.24) is 9.46 Å². The first-order valence-corrected chi connectivity index (χ1v) is 6.50. The van der Waals surface area contributed by atoms with Gasteiger partial charge in [-0.15, -0.1) is 0 Å². The van der Waals surface area contributed by atoms with Gasteiger partial charge in [0.25, 0.3) is 0 Å². The standard InChI is InChI=1S/C9H16N2O3S/c1-4-11(5-2)15(12,13)7-9-6-8(3)14-10-9/h6H,4-5,7H2,1-3H3. The number of aryl methyl sites for hydroxylation is 1. The van der Waals surface area contributed by atoms with Crippen LogP contribution < -0.4 is 0 Å². The fourth-order valence-corrected chi connectivity index (χ4v) is 2.86. The highest BCUT2D eigenvalue weighted by atomic mass is 32.2. The molecule has 0 fully saturated rings. The van der Waals surface area contributed by atoms with Crippen molar-refractivity contribution in [2.75, 3.05) is 13.1 Å². The second-order valence-electron chi connectivity index (χ2n) is 3.27. The molecular formula is C9H16N2O3S. The van der Waals surface area contributed by atoms with Crippen molar-refractivity contribution in [3.63, 3.8) is 0 Å². The molecule has 6 heteroatoms. The number of hydrogen-bond acceptors (Lipinski definition) is 4. The van der Waals surface area contributed by atoms with E-state index in [4.69, 9.17) is 4.52 Å². The van der Waals surface area contributed by atoms with Crippen molar-refractivity contribution in [1.29, 1.82) is 0 Å². The third-order valence-corrected chi connectivity index (χ3v) is 4.07. The molecule has 0 aliphatic heterocycles. The number of rotatable bonds is 5. The zero-order chi connectivity index (χ0) is 11.5. The first kappa shape index (κ1) is 12.2. The van der Waals surface area contributed by atoms with Gasteiger partial charge in [-0.3, -0.25) is 0 Å². The van der Waals surface area contributed by atoms with E-state index in [0.29, 0.717) is 24.5 Å². The minimum absolute atomic E-state index is 0.0913. The molecule has 1 aromatic rings. The van der Waals surface area contributed by atoms with Crippen LogP contribution in [0.5, 0.6) is 0 Å². The van der Waals surface area contributed by atoms with E-state index >= 15 is 0 Å². The molecule has 86 valence electrons. The minimum Gasteiger partial charge on any atom is -0.361 e. The molecule has 1 aromatic heterocycles. The predicted octanol–water partition coefficient (Wildman–Crippen LogP) is 1.15. The van der Waals surface area contributed by atoms with Crippen LogP contribution in [0.15, 0.2) is 10.6 Å². The van der Waals surface area contributed by atoms with E-state index < -0.39 is 10.0 Å². The Morgan fingerprint density at radius 2 is 2.00 bits per heavy atom. The quantitative estimate of drug-likeness (QED) is 0.764. The zero-order valence-electron chi connectivity index (χ0n) is 9.23. The van der Waals surface area contributed by atoms with Crippen molar-refractivity contribution in [3.05, 3.63) is 17.5 Å². The molecule has 0 bridgehead atoms. The Hall–Kier alpha value is -0.880. The Bertz CT molecular complexity index is 407. The number of hydrogen-bond donors (Lipinski definition) is 0. The van der Waals surface area contributed by atoms with Gasteiger partial charge < -0.3 is 4.52 Å². The van der Waals surface area contributed by atoms with Crippen LogP contribution in [0.25, 0.3) is 0 Å². The summed E-state index contributed by atoms with van der Waals surface area (Å²) in [6.45, 7) is 6.33. The van der Waals surface area contributed by atoms with Crippen molar-refractivity contribution in [3.8, 4) is 0 Å². The lowest BCUT2D eigenvalue weighted by atomic mass is 10.4. The molecule has 1 heterocycles. The lowest BCUT2D eigenvalue weighted by Crippen LogP contribution is -2.31. The second-order valence-corrected chi connectivity index (χ2v) is 5.24. The van der Waals surface area contributed by atoms with Gasteiger partial charge in [-0.2, -0.15) is 0 Å². The van der Waals surface area contributed by atoms with Crippen LogP contribution in [0.1, 0.15) is 25.3 Å². The molecule has 0 atom stereocenters. The summed E-state index contributed by atoms with van der Waals surface area (Å²) in [4.78, 5) is 0. The minimum atomic E-state index is -3.25. The van der Waals surface area contributed by atoms with Gasteiger partial charge in [0.15, 0.2) is 0 Å². The van der Waals surface area contributed by atoms with Crippen LogP contribution in [0, 0.1) is 6.92 Å². The van der Waals surface area contributed by atoms with Gasteiger partial charge in [0.05, 0.1) is 0 Å². The van der Waals surface area contributed by atoms with Crippen LogP contribution in [0.3, 0.4) is 0 Å². The Morgan fingerprint density at radius 3 is 2.40 bits per heavy atom. The van der Waals surface area contributed by atoms with Gasteiger partial charge in [-0.25, -0.2) is 12.7 Å². The lowest BCUT2D eigenvalue weighted by molar-refractivity contribution is 0.390. The molecule has 0 saturated heterocycles. The van der Waals surface area contributed by atoms with Gasteiger partial charge in [0, 0.05) is 19.2 Å². The molecule has 1 rings (SSSR count). The zero-order valence-corrected chi connectivity index (χ0v) is 10.0. The monoisotopic (exact) mass is 232 g/mol. The summed E-state index contributed by atoms with van der Waals surface area (Å²) in [7, 11) is -3.25. The van der Waals surface area contributed by atoms with Crippen LogP contribution in [0.4, 0.5) is 0 Å². The lowest BCUT2D eigenvalue weighted by Gasteiger charge is -2.17.